The molecule has 0 aromatic heterocycles. The average Bonchev–Trinajstić information content (AvgIpc) is 2.95. The van der Waals surface area contributed by atoms with Crippen LogP contribution < -0.4 is 5.32 Å². The number of halogens is 1. The van der Waals surface area contributed by atoms with Crippen LogP contribution in [0, 0.1) is 0 Å². The first kappa shape index (κ1) is 27.6. The number of hydrogen-bond acceptors (Lipinski definition) is 2. The van der Waals surface area contributed by atoms with Gasteiger partial charge in [0, 0.05) is 29.9 Å². The van der Waals surface area contributed by atoms with Crippen LogP contribution in [0.4, 0.5) is 0 Å². The molecular formula is C33H35BrN2O2. The van der Waals surface area contributed by atoms with Gasteiger partial charge >= 0.3 is 0 Å². The second-order valence-electron chi connectivity index (χ2n) is 9.81. The molecule has 0 spiro atoms. The number of fused-ring (bicyclic) bond motifs is 1. The molecule has 0 aliphatic carbocycles. The van der Waals surface area contributed by atoms with E-state index in [-0.39, 0.29) is 17.9 Å². The van der Waals surface area contributed by atoms with Crippen molar-refractivity contribution in [3.8, 4) is 0 Å². The van der Waals surface area contributed by atoms with E-state index in [0.29, 0.717) is 25.8 Å². The molecule has 0 radical (unpaired) electrons. The predicted octanol–water partition coefficient (Wildman–Crippen LogP) is 7.09. The lowest BCUT2D eigenvalue weighted by molar-refractivity contribution is -0.141. The zero-order valence-electron chi connectivity index (χ0n) is 22.1. The number of carbonyl (C=O) groups excluding carboxylic acids is 2. The average molecular weight is 572 g/mol. The van der Waals surface area contributed by atoms with Crippen LogP contribution in [-0.2, 0) is 29.0 Å². The van der Waals surface area contributed by atoms with Crippen molar-refractivity contribution in [2.75, 3.05) is 0 Å². The van der Waals surface area contributed by atoms with Crippen LogP contribution in [0.1, 0.15) is 43.4 Å². The van der Waals surface area contributed by atoms with Crippen LogP contribution in [0.3, 0.4) is 0 Å². The van der Waals surface area contributed by atoms with Gasteiger partial charge in [0.1, 0.15) is 6.04 Å². The summed E-state index contributed by atoms with van der Waals surface area (Å²) in [6, 6.07) is 31.8. The summed E-state index contributed by atoms with van der Waals surface area (Å²) in [5.74, 6) is -0.139. The van der Waals surface area contributed by atoms with Gasteiger partial charge < -0.3 is 10.2 Å². The highest BCUT2D eigenvalue weighted by atomic mass is 79.9. The zero-order chi connectivity index (χ0) is 26.9. The molecule has 5 heteroatoms. The molecule has 0 bridgehead atoms. The summed E-state index contributed by atoms with van der Waals surface area (Å²) >= 11 is 3.50. The number of aryl methyl sites for hydroxylation is 1. The highest BCUT2D eigenvalue weighted by molar-refractivity contribution is 9.10. The fourth-order valence-electron chi connectivity index (χ4n) is 4.68. The summed E-state index contributed by atoms with van der Waals surface area (Å²) < 4.78 is 0.977. The molecule has 0 saturated carbocycles. The Morgan fingerprint density at radius 3 is 2.26 bits per heavy atom. The second-order valence-corrected chi connectivity index (χ2v) is 10.7. The van der Waals surface area contributed by atoms with Crippen molar-refractivity contribution in [3.63, 3.8) is 0 Å². The summed E-state index contributed by atoms with van der Waals surface area (Å²) in [5, 5.41) is 5.47. The van der Waals surface area contributed by atoms with Gasteiger partial charge in [-0.05, 0) is 59.4 Å². The molecule has 196 valence electrons. The van der Waals surface area contributed by atoms with Crippen LogP contribution >= 0.6 is 15.9 Å². The minimum absolute atomic E-state index is 0.0268. The highest BCUT2D eigenvalue weighted by Gasteiger charge is 2.30. The summed E-state index contributed by atoms with van der Waals surface area (Å²) in [7, 11) is 0. The predicted molar refractivity (Wildman–Crippen MR) is 159 cm³/mol. The minimum Gasteiger partial charge on any atom is -0.352 e. The van der Waals surface area contributed by atoms with E-state index in [4.69, 9.17) is 0 Å². The van der Waals surface area contributed by atoms with Crippen LogP contribution in [0.15, 0.2) is 102 Å². The van der Waals surface area contributed by atoms with Crippen molar-refractivity contribution < 1.29 is 9.59 Å². The maximum Gasteiger partial charge on any atom is 0.243 e. The van der Waals surface area contributed by atoms with Crippen molar-refractivity contribution in [1.29, 1.82) is 0 Å². The van der Waals surface area contributed by atoms with Crippen LogP contribution in [0.2, 0.25) is 0 Å². The topological polar surface area (TPSA) is 49.4 Å². The van der Waals surface area contributed by atoms with E-state index in [1.54, 1.807) is 4.90 Å². The molecule has 0 aliphatic rings. The van der Waals surface area contributed by atoms with Gasteiger partial charge in [0.05, 0.1) is 0 Å². The van der Waals surface area contributed by atoms with Crippen LogP contribution in [-0.4, -0.2) is 28.8 Å². The van der Waals surface area contributed by atoms with E-state index in [2.05, 4.69) is 45.5 Å². The van der Waals surface area contributed by atoms with Gasteiger partial charge in [0.25, 0.3) is 0 Å². The van der Waals surface area contributed by atoms with Crippen molar-refractivity contribution >= 4 is 38.5 Å². The molecule has 0 saturated heterocycles. The first-order chi connectivity index (χ1) is 18.4. The maximum absolute atomic E-state index is 14.0. The largest absolute Gasteiger partial charge is 0.352 e. The van der Waals surface area contributed by atoms with Gasteiger partial charge in [0.15, 0.2) is 0 Å². The third-order valence-electron chi connectivity index (χ3n) is 7.03. The summed E-state index contributed by atoms with van der Waals surface area (Å²) in [6.07, 6.45) is 2.22. The van der Waals surface area contributed by atoms with Crippen molar-refractivity contribution in [2.24, 2.45) is 0 Å². The van der Waals surface area contributed by atoms with E-state index in [0.717, 1.165) is 33.0 Å². The number of benzene rings is 4. The Kier molecular flexibility index (Phi) is 9.72. The molecule has 0 aliphatic heterocycles. The van der Waals surface area contributed by atoms with Crippen molar-refractivity contribution in [2.45, 2.75) is 58.2 Å². The summed E-state index contributed by atoms with van der Waals surface area (Å²) in [4.78, 5) is 29.4. The van der Waals surface area contributed by atoms with Crippen molar-refractivity contribution in [3.05, 3.63) is 118 Å². The lowest BCUT2D eigenvalue weighted by Crippen LogP contribution is -2.52. The number of carbonyl (C=O) groups is 2. The zero-order valence-corrected chi connectivity index (χ0v) is 23.7. The Morgan fingerprint density at radius 2 is 1.53 bits per heavy atom. The molecule has 0 unspecified atom stereocenters. The van der Waals surface area contributed by atoms with Gasteiger partial charge in [0.2, 0.25) is 11.8 Å². The maximum atomic E-state index is 14.0. The first-order valence-corrected chi connectivity index (χ1v) is 14.1. The minimum atomic E-state index is -0.616. The van der Waals surface area contributed by atoms with Crippen molar-refractivity contribution in [1.82, 2.24) is 10.2 Å². The molecule has 4 rings (SSSR count). The fourth-order valence-corrected chi connectivity index (χ4v) is 4.94. The van der Waals surface area contributed by atoms with Gasteiger partial charge in [-0.15, -0.1) is 0 Å². The molecule has 0 heterocycles. The Bertz CT molecular complexity index is 1350. The van der Waals surface area contributed by atoms with E-state index in [1.807, 2.05) is 86.6 Å². The fraction of sp³-hybridized carbons (Fsp3) is 0.273. The monoisotopic (exact) mass is 570 g/mol. The number of nitrogens with zero attached hydrogens (tertiary/aromatic N) is 1. The van der Waals surface area contributed by atoms with E-state index in [9.17, 15) is 9.59 Å². The smallest absolute Gasteiger partial charge is 0.243 e. The van der Waals surface area contributed by atoms with Crippen LogP contribution in [0.25, 0.3) is 10.8 Å². The standard InChI is InChI=1S/C33H35BrN2O2/c1-3-24(2)35-33(38)31(22-25-10-5-4-6-11-25)36(23-26-16-19-29(34)20-17-26)32(37)21-18-28-14-9-13-27-12-7-8-15-30(27)28/h4-17,19-20,24,31H,3,18,21-23H2,1-2H3,(H,35,38)/t24-,31+/m1/s1. The summed E-state index contributed by atoms with van der Waals surface area (Å²) in [6.45, 7) is 4.41. The Balaban J connectivity index is 1.64. The quantitative estimate of drug-likeness (QED) is 0.209. The number of amides is 2. The molecule has 0 fully saturated rings. The normalized spacial score (nSPS) is 12.6. The Hall–Kier alpha value is -3.44. The van der Waals surface area contributed by atoms with Gasteiger partial charge in [-0.25, -0.2) is 0 Å². The molecule has 2 atom stereocenters. The molecule has 38 heavy (non-hydrogen) atoms. The van der Waals surface area contributed by atoms with E-state index < -0.39 is 6.04 Å². The van der Waals surface area contributed by atoms with Gasteiger partial charge in [-0.1, -0.05) is 108 Å². The molecular weight excluding hydrogens is 536 g/mol. The Labute approximate surface area is 234 Å². The summed E-state index contributed by atoms with van der Waals surface area (Å²) in [5.41, 5.74) is 3.16. The van der Waals surface area contributed by atoms with E-state index in [1.165, 1.54) is 5.39 Å². The third-order valence-corrected chi connectivity index (χ3v) is 7.56. The van der Waals surface area contributed by atoms with E-state index >= 15 is 0 Å². The molecule has 2 amide bonds. The molecule has 4 aromatic rings. The lowest BCUT2D eigenvalue weighted by Gasteiger charge is -2.32. The van der Waals surface area contributed by atoms with Gasteiger partial charge in [-0.3, -0.25) is 9.59 Å². The van der Waals surface area contributed by atoms with Crippen LogP contribution in [0.5, 0.6) is 0 Å². The number of rotatable bonds is 11. The lowest BCUT2D eigenvalue weighted by atomic mass is 9.99. The SMILES string of the molecule is CC[C@@H](C)NC(=O)[C@H](Cc1ccccc1)N(Cc1ccc(Br)cc1)C(=O)CCc1cccc2ccccc12. The highest BCUT2D eigenvalue weighted by Crippen LogP contribution is 2.22. The second kappa shape index (κ2) is 13.4. The van der Waals surface area contributed by atoms with Gasteiger partial charge in [-0.2, -0.15) is 0 Å². The molecule has 4 nitrogen and oxygen atoms in total. The number of nitrogens with one attached hydrogen (secondary N) is 1. The Morgan fingerprint density at radius 1 is 0.842 bits per heavy atom. The first-order valence-electron chi connectivity index (χ1n) is 13.3. The number of hydrogen-bond donors (Lipinski definition) is 1. The third kappa shape index (κ3) is 7.32. The molecule has 4 aromatic carbocycles. The molecule has 1 N–H and O–H groups in total.